The molecule has 0 radical (unpaired) electrons. The Hall–Kier alpha value is -3.16. The van der Waals surface area contributed by atoms with Crippen LogP contribution >= 0.6 is 0 Å². The lowest BCUT2D eigenvalue weighted by molar-refractivity contribution is -0.159. The number of piperazine rings is 1. The number of aliphatic carboxylic acids is 2. The summed E-state index contributed by atoms with van der Waals surface area (Å²) in [5.74, 6) is -3.18. The van der Waals surface area contributed by atoms with Gasteiger partial charge in [-0.05, 0) is 33.1 Å². The molecule has 7 nitrogen and oxygen atoms in total. The van der Waals surface area contributed by atoms with Crippen molar-refractivity contribution in [1.29, 1.82) is 0 Å². The molecule has 1 fully saturated rings. The average molecular weight is 511 g/mol. The number of nitrogens with zero attached hydrogens (tertiary/aromatic N) is 2. The lowest BCUT2D eigenvalue weighted by Crippen LogP contribution is -2.45. The molecule has 0 amide bonds. The molecule has 0 spiro atoms. The lowest BCUT2D eigenvalue weighted by Gasteiger charge is -2.35. The third-order valence-electron chi connectivity index (χ3n) is 6.31. The van der Waals surface area contributed by atoms with E-state index < -0.39 is 11.9 Å². The second kappa shape index (κ2) is 12.9. The van der Waals surface area contributed by atoms with E-state index in [1.54, 1.807) is 0 Å². The fourth-order valence-electron chi connectivity index (χ4n) is 4.22. The Kier molecular flexibility index (Phi) is 10.5. The van der Waals surface area contributed by atoms with Crippen molar-refractivity contribution >= 4 is 18.0 Å². The van der Waals surface area contributed by atoms with E-state index in [0.29, 0.717) is 5.75 Å². The van der Waals surface area contributed by atoms with Gasteiger partial charge in [0, 0.05) is 39.3 Å². The van der Waals surface area contributed by atoms with Crippen molar-refractivity contribution in [1.82, 2.24) is 9.80 Å². The molecule has 0 atom stereocenters. The monoisotopic (exact) mass is 510 g/mol. The van der Waals surface area contributed by atoms with Crippen LogP contribution in [0, 0.1) is 0 Å². The zero-order valence-electron chi connectivity index (χ0n) is 23.0. The van der Waals surface area contributed by atoms with Gasteiger partial charge < -0.3 is 15.3 Å². The van der Waals surface area contributed by atoms with E-state index in [-0.39, 0.29) is 10.8 Å². The van der Waals surface area contributed by atoms with Gasteiger partial charge in [0.05, 0.1) is 0 Å². The Morgan fingerprint density at radius 2 is 1.27 bits per heavy atom. The Balaban J connectivity index is 0.000000717. The average Bonchev–Trinajstić information content (AvgIpc) is 2.81. The second-order valence-corrected chi connectivity index (χ2v) is 11.5. The molecule has 0 aromatic heterocycles. The maximum atomic E-state index is 11.0. The quantitative estimate of drug-likeness (QED) is 0.488. The van der Waals surface area contributed by atoms with E-state index in [4.69, 9.17) is 19.8 Å². The maximum absolute atomic E-state index is 11.0. The lowest BCUT2D eigenvalue weighted by atomic mass is 9.78. The fourth-order valence-corrected chi connectivity index (χ4v) is 4.22. The maximum Gasteiger partial charge on any atom is 0.414 e. The van der Waals surface area contributed by atoms with Crippen LogP contribution in [0.1, 0.15) is 63.8 Å². The number of benzene rings is 2. The first-order valence-corrected chi connectivity index (χ1v) is 12.7. The van der Waals surface area contributed by atoms with Crippen LogP contribution in [0.3, 0.4) is 0 Å². The van der Waals surface area contributed by atoms with Crippen molar-refractivity contribution in [2.75, 3.05) is 32.7 Å². The van der Waals surface area contributed by atoms with Crippen LogP contribution in [0.15, 0.2) is 48.5 Å². The van der Waals surface area contributed by atoms with Crippen LogP contribution < -0.4 is 0 Å². The molecule has 0 saturated carbocycles. The van der Waals surface area contributed by atoms with Crippen molar-refractivity contribution in [2.45, 2.75) is 58.9 Å². The minimum atomic E-state index is -1.82. The van der Waals surface area contributed by atoms with E-state index in [1.165, 1.54) is 11.1 Å². The Morgan fingerprint density at radius 1 is 0.811 bits per heavy atom. The molecule has 1 aliphatic rings. The van der Waals surface area contributed by atoms with Gasteiger partial charge in [-0.1, -0.05) is 96.2 Å². The highest BCUT2D eigenvalue weighted by atomic mass is 16.4. The molecule has 3 rings (SSSR count). The Morgan fingerprint density at radius 3 is 1.70 bits per heavy atom. The van der Waals surface area contributed by atoms with E-state index in [9.17, 15) is 5.11 Å². The summed E-state index contributed by atoms with van der Waals surface area (Å²) in [4.78, 5) is 23.3. The van der Waals surface area contributed by atoms with E-state index in [1.807, 2.05) is 0 Å². The molecule has 0 unspecified atom stereocenters. The Labute approximate surface area is 221 Å². The van der Waals surface area contributed by atoms with Crippen LogP contribution in [0.4, 0.5) is 0 Å². The topological polar surface area (TPSA) is 101 Å². The van der Waals surface area contributed by atoms with Gasteiger partial charge in [0.25, 0.3) is 0 Å². The first-order valence-electron chi connectivity index (χ1n) is 12.7. The summed E-state index contributed by atoms with van der Waals surface area (Å²) in [7, 11) is 0. The number of carbonyl (C=O) groups is 2. The molecule has 2 aromatic carbocycles. The number of phenolic OH excluding ortho intramolecular Hbond substituents is 1. The van der Waals surface area contributed by atoms with Gasteiger partial charge in [0.2, 0.25) is 0 Å². The van der Waals surface area contributed by atoms with Crippen LogP contribution in [0.25, 0.3) is 6.08 Å². The summed E-state index contributed by atoms with van der Waals surface area (Å²) in [6.45, 7) is 19.4. The number of rotatable bonds is 5. The Bertz CT molecular complexity index is 1030. The number of aromatic hydroxyl groups is 1. The van der Waals surface area contributed by atoms with E-state index in [0.717, 1.165) is 50.4 Å². The molecular formula is C30H42N2O5. The van der Waals surface area contributed by atoms with Gasteiger partial charge in [0.1, 0.15) is 5.75 Å². The van der Waals surface area contributed by atoms with Crippen molar-refractivity contribution in [3.05, 3.63) is 70.8 Å². The molecule has 202 valence electrons. The summed E-state index contributed by atoms with van der Waals surface area (Å²) < 4.78 is 0. The summed E-state index contributed by atoms with van der Waals surface area (Å²) in [5, 5.41) is 25.7. The first-order chi connectivity index (χ1) is 17.2. The summed E-state index contributed by atoms with van der Waals surface area (Å²) in [6, 6.07) is 14.9. The normalized spacial score (nSPS) is 15.3. The third kappa shape index (κ3) is 9.67. The van der Waals surface area contributed by atoms with Gasteiger partial charge in [-0.3, -0.25) is 9.80 Å². The zero-order valence-corrected chi connectivity index (χ0v) is 23.0. The smallest absolute Gasteiger partial charge is 0.414 e. The van der Waals surface area contributed by atoms with E-state index >= 15 is 0 Å². The predicted octanol–water partition coefficient (Wildman–Crippen LogP) is 4.97. The molecule has 37 heavy (non-hydrogen) atoms. The van der Waals surface area contributed by atoms with Crippen molar-refractivity contribution in [3.8, 4) is 5.75 Å². The standard InChI is InChI=1S/C28H40N2O.C2H2O4/c1-27(2,3)24-19-23(20-25(26(24)31)28(4,5)6)21-30-17-15-29(16-18-30)14-10-13-22-11-8-7-9-12-22;3-1(4)2(5)6/h7-13,19-20,31H,14-18,21H2,1-6H3;(H,3,4)(H,5,6). The van der Waals surface area contributed by atoms with Gasteiger partial charge in [-0.2, -0.15) is 0 Å². The van der Waals surface area contributed by atoms with Crippen molar-refractivity contribution in [2.24, 2.45) is 0 Å². The SMILES string of the molecule is CC(C)(C)c1cc(CN2CCN(CC=Cc3ccccc3)CC2)cc(C(C)(C)C)c1O.O=C(O)C(=O)O. The molecule has 2 aromatic rings. The minimum Gasteiger partial charge on any atom is -0.507 e. The number of carboxylic acids is 2. The molecular weight excluding hydrogens is 468 g/mol. The largest absolute Gasteiger partial charge is 0.507 e. The highest BCUT2D eigenvalue weighted by Crippen LogP contribution is 2.40. The molecule has 7 heteroatoms. The number of phenols is 1. The van der Waals surface area contributed by atoms with Crippen LogP contribution in [-0.2, 0) is 27.0 Å². The summed E-state index contributed by atoms with van der Waals surface area (Å²) in [6.07, 6.45) is 4.49. The van der Waals surface area contributed by atoms with Gasteiger partial charge in [-0.15, -0.1) is 0 Å². The van der Waals surface area contributed by atoms with Crippen LogP contribution in [0.5, 0.6) is 5.75 Å². The van der Waals surface area contributed by atoms with Gasteiger partial charge in [-0.25, -0.2) is 9.59 Å². The highest BCUT2D eigenvalue weighted by molar-refractivity contribution is 6.27. The van der Waals surface area contributed by atoms with Gasteiger partial charge in [0.15, 0.2) is 0 Å². The second-order valence-electron chi connectivity index (χ2n) is 11.5. The number of hydrogen-bond acceptors (Lipinski definition) is 5. The van der Waals surface area contributed by atoms with Crippen LogP contribution in [0.2, 0.25) is 0 Å². The zero-order chi connectivity index (χ0) is 27.8. The molecule has 1 saturated heterocycles. The summed E-state index contributed by atoms with van der Waals surface area (Å²) >= 11 is 0. The molecule has 1 heterocycles. The molecule has 1 aliphatic heterocycles. The predicted molar refractivity (Wildman–Crippen MR) is 148 cm³/mol. The first kappa shape index (κ1) is 30.1. The number of carboxylic acid groups (broad SMARTS) is 2. The molecule has 0 aliphatic carbocycles. The van der Waals surface area contributed by atoms with Gasteiger partial charge >= 0.3 is 11.9 Å². The molecule has 3 N–H and O–H groups in total. The van der Waals surface area contributed by atoms with Crippen LogP contribution in [-0.4, -0.2) is 69.8 Å². The van der Waals surface area contributed by atoms with Crippen molar-refractivity contribution in [3.63, 3.8) is 0 Å². The summed E-state index contributed by atoms with van der Waals surface area (Å²) in [5.41, 5.74) is 4.52. The minimum absolute atomic E-state index is 0.0795. The fraction of sp³-hybridized carbons (Fsp3) is 0.467. The number of hydrogen-bond donors (Lipinski definition) is 3. The van der Waals surface area contributed by atoms with E-state index in [2.05, 4.69) is 106 Å². The highest BCUT2D eigenvalue weighted by Gasteiger charge is 2.27. The van der Waals surface area contributed by atoms with Crippen molar-refractivity contribution < 1.29 is 24.9 Å². The molecule has 0 bridgehead atoms. The third-order valence-corrected chi connectivity index (χ3v) is 6.31.